The normalized spacial score (nSPS) is 29.0. The van der Waals surface area contributed by atoms with Crippen LogP contribution >= 0.6 is 0 Å². The first-order valence-corrected chi connectivity index (χ1v) is 16.4. The highest BCUT2D eigenvalue weighted by Crippen LogP contribution is 2.50. The van der Waals surface area contributed by atoms with E-state index in [0.717, 1.165) is 0 Å². The molecule has 1 spiro atoms. The molecular formula is C31H38F12O11. The fourth-order valence-corrected chi connectivity index (χ4v) is 5.39. The predicted molar refractivity (Wildman–Crippen MR) is 151 cm³/mol. The molecule has 4 rings (SSSR count). The molecule has 3 saturated heterocycles. The van der Waals surface area contributed by atoms with Gasteiger partial charge in [0, 0.05) is 12.8 Å². The number of hydrogen-bond donors (Lipinski definition) is 0. The molecule has 3 aliphatic heterocycles. The molecule has 1 aliphatic carbocycles. The van der Waals surface area contributed by atoms with Gasteiger partial charge in [-0.2, -0.15) is 52.7 Å². The highest BCUT2D eigenvalue weighted by Gasteiger charge is 2.67. The SMILES string of the molecule is CCC(C)(C)C(=O)OC(C(F)(F)F)C(F)(F)F.CCC(C)(C)C(=O)OC1C(=O)OC2C3OC4(CCC(C(=O)OC(C(F)(F)F)C(F)(F)F)CC4)OC3OC12. The number of ether oxygens (including phenoxy) is 7. The Labute approximate surface area is 299 Å². The maximum Gasteiger partial charge on any atom is 0.434 e. The first-order chi connectivity index (χ1) is 24.3. The second-order valence-corrected chi connectivity index (χ2v) is 14.3. The predicted octanol–water partition coefficient (Wildman–Crippen LogP) is 6.78. The fraction of sp³-hybridized carbons (Fsp3) is 0.871. The van der Waals surface area contributed by atoms with Gasteiger partial charge in [0.25, 0.3) is 12.2 Å². The third-order valence-electron chi connectivity index (χ3n) is 9.51. The zero-order chi connectivity index (χ0) is 41.6. The summed E-state index contributed by atoms with van der Waals surface area (Å²) in [6, 6.07) is 0. The van der Waals surface area contributed by atoms with Crippen molar-refractivity contribution < 1.29 is 105 Å². The van der Waals surface area contributed by atoms with Crippen LogP contribution in [-0.4, -0.2) is 97.3 Å². The lowest BCUT2D eigenvalue weighted by Crippen LogP contribution is -2.47. The number of rotatable bonds is 8. The summed E-state index contributed by atoms with van der Waals surface area (Å²) in [6.45, 7) is 8.97. The summed E-state index contributed by atoms with van der Waals surface area (Å²) in [7, 11) is 0. The van der Waals surface area contributed by atoms with Crippen LogP contribution in [0.2, 0.25) is 0 Å². The molecule has 5 unspecified atom stereocenters. The summed E-state index contributed by atoms with van der Waals surface area (Å²) in [5, 5.41) is 0. The molecule has 0 aromatic carbocycles. The lowest BCUT2D eigenvalue weighted by atomic mass is 9.85. The summed E-state index contributed by atoms with van der Waals surface area (Å²) in [4.78, 5) is 48.0. The minimum atomic E-state index is -5.80. The molecule has 4 fully saturated rings. The number of fused-ring (bicyclic) bond motifs is 3. The van der Waals surface area contributed by atoms with Crippen molar-refractivity contribution in [1.29, 1.82) is 0 Å². The number of hydrogen-bond acceptors (Lipinski definition) is 11. The van der Waals surface area contributed by atoms with E-state index in [0.29, 0.717) is 6.42 Å². The van der Waals surface area contributed by atoms with Crippen LogP contribution in [0.1, 0.15) is 80.1 Å². The molecule has 54 heavy (non-hydrogen) atoms. The highest BCUT2D eigenvalue weighted by molar-refractivity contribution is 5.84. The van der Waals surface area contributed by atoms with E-state index in [1.165, 1.54) is 20.8 Å². The quantitative estimate of drug-likeness (QED) is 0.146. The van der Waals surface area contributed by atoms with Crippen LogP contribution in [0.3, 0.4) is 0 Å². The van der Waals surface area contributed by atoms with Crippen LogP contribution < -0.4 is 0 Å². The Morgan fingerprint density at radius 3 is 1.57 bits per heavy atom. The van der Waals surface area contributed by atoms with E-state index in [-0.39, 0.29) is 32.1 Å². The van der Waals surface area contributed by atoms with Crippen LogP contribution in [0, 0.1) is 16.7 Å². The van der Waals surface area contributed by atoms with E-state index >= 15 is 0 Å². The minimum absolute atomic E-state index is 0.0553. The molecular weight excluding hydrogens is 776 g/mol. The van der Waals surface area contributed by atoms with Gasteiger partial charge in [-0.25, -0.2) is 4.79 Å². The Bertz CT molecular complexity index is 1350. The van der Waals surface area contributed by atoms with E-state index in [1.807, 2.05) is 0 Å². The maximum atomic E-state index is 12.7. The van der Waals surface area contributed by atoms with E-state index in [4.69, 9.17) is 23.7 Å². The van der Waals surface area contributed by atoms with Crippen molar-refractivity contribution in [3.05, 3.63) is 0 Å². The van der Waals surface area contributed by atoms with Crippen molar-refractivity contribution in [3.63, 3.8) is 0 Å². The molecule has 0 aromatic rings. The van der Waals surface area contributed by atoms with E-state index in [9.17, 15) is 71.9 Å². The molecule has 11 nitrogen and oxygen atoms in total. The maximum absolute atomic E-state index is 12.7. The van der Waals surface area contributed by atoms with Gasteiger partial charge in [-0.15, -0.1) is 0 Å². The first-order valence-electron chi connectivity index (χ1n) is 16.4. The van der Waals surface area contributed by atoms with E-state index in [1.54, 1.807) is 20.8 Å². The largest absolute Gasteiger partial charge is 0.454 e. The van der Waals surface area contributed by atoms with Gasteiger partial charge >= 0.3 is 48.6 Å². The molecule has 312 valence electrons. The number of esters is 4. The van der Waals surface area contributed by atoms with E-state index in [2.05, 4.69) is 9.47 Å². The van der Waals surface area contributed by atoms with Gasteiger partial charge in [0.15, 0.2) is 24.3 Å². The molecule has 0 bridgehead atoms. The second-order valence-electron chi connectivity index (χ2n) is 14.3. The fourth-order valence-electron chi connectivity index (χ4n) is 5.39. The van der Waals surface area contributed by atoms with Crippen molar-refractivity contribution in [3.8, 4) is 0 Å². The summed E-state index contributed by atoms with van der Waals surface area (Å²) in [6.07, 6.45) is -36.3. The van der Waals surface area contributed by atoms with Crippen LogP contribution in [-0.2, 0) is 52.3 Å². The monoisotopic (exact) mass is 814 g/mol. The summed E-state index contributed by atoms with van der Waals surface area (Å²) >= 11 is 0. The van der Waals surface area contributed by atoms with E-state index < -0.39 is 114 Å². The van der Waals surface area contributed by atoms with Gasteiger partial charge in [-0.3, -0.25) is 14.4 Å². The topological polar surface area (TPSA) is 133 Å². The lowest BCUT2D eigenvalue weighted by molar-refractivity contribution is -0.315. The lowest BCUT2D eigenvalue weighted by Gasteiger charge is -2.36. The third kappa shape index (κ3) is 10.2. The minimum Gasteiger partial charge on any atom is -0.454 e. The molecule has 4 aliphatic rings. The van der Waals surface area contributed by atoms with Gasteiger partial charge in [-0.05, 0) is 53.4 Å². The van der Waals surface area contributed by atoms with Crippen molar-refractivity contribution in [2.45, 2.75) is 153 Å². The number of alkyl halides is 12. The van der Waals surface area contributed by atoms with Gasteiger partial charge in [0.2, 0.25) is 6.10 Å². The molecule has 0 amide bonds. The second kappa shape index (κ2) is 15.5. The molecule has 0 N–H and O–H groups in total. The first kappa shape index (κ1) is 45.3. The van der Waals surface area contributed by atoms with Gasteiger partial charge in [0.05, 0.1) is 16.7 Å². The van der Waals surface area contributed by atoms with Crippen molar-refractivity contribution in [2.24, 2.45) is 16.7 Å². The Balaban J connectivity index is 0.000000390. The third-order valence-corrected chi connectivity index (χ3v) is 9.51. The number of carbonyl (C=O) groups is 4. The zero-order valence-electron chi connectivity index (χ0n) is 29.4. The van der Waals surface area contributed by atoms with Crippen LogP contribution in [0.15, 0.2) is 0 Å². The summed E-state index contributed by atoms with van der Waals surface area (Å²) in [5.41, 5.74) is -2.24. The van der Waals surface area contributed by atoms with Crippen LogP contribution in [0.25, 0.3) is 0 Å². The molecule has 0 aromatic heterocycles. The Morgan fingerprint density at radius 1 is 0.685 bits per heavy atom. The smallest absolute Gasteiger partial charge is 0.434 e. The van der Waals surface area contributed by atoms with Crippen LogP contribution in [0.4, 0.5) is 52.7 Å². The molecule has 5 atom stereocenters. The molecule has 3 heterocycles. The highest BCUT2D eigenvalue weighted by atomic mass is 19.4. The van der Waals surface area contributed by atoms with Crippen molar-refractivity contribution in [2.75, 3.05) is 0 Å². The van der Waals surface area contributed by atoms with Gasteiger partial charge in [0.1, 0.15) is 6.10 Å². The van der Waals surface area contributed by atoms with Crippen molar-refractivity contribution in [1.82, 2.24) is 0 Å². The van der Waals surface area contributed by atoms with Crippen molar-refractivity contribution >= 4 is 23.9 Å². The van der Waals surface area contributed by atoms with Gasteiger partial charge < -0.3 is 33.2 Å². The molecule has 23 heteroatoms. The average molecular weight is 815 g/mol. The van der Waals surface area contributed by atoms with Gasteiger partial charge in [-0.1, -0.05) is 13.8 Å². The Hall–Kier alpha value is -3.08. The Kier molecular flexibility index (Phi) is 13.0. The number of halogens is 12. The Morgan fingerprint density at radius 2 is 1.13 bits per heavy atom. The summed E-state index contributed by atoms with van der Waals surface area (Å²) < 4.78 is 184. The summed E-state index contributed by atoms with van der Waals surface area (Å²) in [5.74, 6) is -7.13. The zero-order valence-corrected chi connectivity index (χ0v) is 29.4. The van der Waals surface area contributed by atoms with Crippen LogP contribution in [0.5, 0.6) is 0 Å². The average Bonchev–Trinajstić information content (AvgIpc) is 3.63. The number of carbonyl (C=O) groups excluding carboxylic acids is 4. The standard InChI is InChI=1S/C22H26F6O9.C9H12F6O2/c1-4-19(2,3)18(31)34-12-10-11(32-15(12)30)13-16(33-10)37-20(36-13)7-5-9(6-8-20)14(29)35-17(21(23,24)25)22(26,27)28;1-4-7(2,3)6(16)17-5(8(10,11)12)9(13,14)15/h9-13,16-17H,4-8H2,1-3H3;5H,4H2,1-3H3. The molecule has 0 radical (unpaired) electrons. The molecule has 1 saturated carbocycles.